The van der Waals surface area contributed by atoms with Crippen LogP contribution < -0.4 is 0 Å². The molecule has 0 nitrogen and oxygen atoms in total. The van der Waals surface area contributed by atoms with Gasteiger partial charge in [-0.25, -0.2) is 0 Å². The van der Waals surface area contributed by atoms with Gasteiger partial charge in [0.25, 0.3) is 0 Å². The Morgan fingerprint density at radius 1 is 1.00 bits per heavy atom. The molecule has 0 saturated carbocycles. The third-order valence-corrected chi connectivity index (χ3v) is 0. The minimum atomic E-state index is 0. The van der Waals surface area contributed by atoms with Crippen LogP contribution in [-0.2, 0) is 36.8 Å². The molecule has 0 radical (unpaired) electrons. The molecule has 0 aromatic heterocycles. The maximum absolute atomic E-state index is 0. The fourth-order valence-corrected chi connectivity index (χ4v) is 0. The van der Waals surface area contributed by atoms with Crippen LogP contribution in [0.4, 0.5) is 0 Å². The monoisotopic (exact) mass is 318 g/mol. The van der Waals surface area contributed by atoms with Gasteiger partial charge in [-0.3, -0.25) is 0 Å². The van der Waals surface area contributed by atoms with E-state index in [0.717, 1.165) is 0 Å². The minimum Gasteiger partial charge on any atom is 0 e. The van der Waals surface area contributed by atoms with Crippen LogP contribution in [0.2, 0.25) is 0 Å². The molecule has 0 aliphatic heterocycles. The minimum absolute atomic E-state index is 0. The molecule has 0 saturated heterocycles. The molecule has 5 heavy (non-hydrogen) atoms. The summed E-state index contributed by atoms with van der Waals surface area (Å²) in [5.41, 5.74) is 0. The zero-order chi connectivity index (χ0) is 0. The average Bonchev–Trinajstić information content (AvgIpc) is 0. The third-order valence-electron chi connectivity index (χ3n) is 0. The number of hydrogen-bond donors (Lipinski definition) is 0. The zero-order valence-corrected chi connectivity index (χ0v) is 7.96. The first-order valence-electron chi connectivity index (χ1n) is 0. The van der Waals surface area contributed by atoms with Gasteiger partial charge in [-0.2, -0.15) is 0 Å². The zero-order valence-electron chi connectivity index (χ0n) is 1.62. The molecule has 0 heterocycles. The molecule has 0 fully saturated rings. The van der Waals surface area contributed by atoms with Gasteiger partial charge in [0.2, 0.25) is 0 Å². The van der Waals surface area contributed by atoms with Gasteiger partial charge in [0.05, 0.1) is 0 Å². The van der Waals surface area contributed by atoms with Crippen molar-refractivity contribution in [1.82, 2.24) is 0 Å². The SMILES string of the molecule is [CaH2].[Cr].[GeH4].[SeH2].[Zn]. The average molecular weight is 317 g/mol. The summed E-state index contributed by atoms with van der Waals surface area (Å²) >= 11 is 0. The molecule has 0 atom stereocenters. The van der Waals surface area contributed by atoms with Gasteiger partial charge in [-0.15, -0.1) is 0 Å². The Labute approximate surface area is 107 Å². The molecule has 5 heteroatoms. The second-order valence-electron chi connectivity index (χ2n) is 0. The van der Waals surface area contributed by atoms with E-state index in [1.807, 2.05) is 0 Å². The largest absolute Gasteiger partial charge is 0 e. The molecule has 28 valence electrons. The molecule has 0 N–H and O–H groups in total. The van der Waals surface area contributed by atoms with Gasteiger partial charge in [-0.1, -0.05) is 0 Å². The Morgan fingerprint density at radius 3 is 1.00 bits per heavy atom. The maximum Gasteiger partial charge on any atom is 0 e. The third kappa shape index (κ3) is 18.6. The fraction of sp³-hybridized carbons (Fsp3) is 0. The van der Waals surface area contributed by atoms with E-state index < -0.39 is 0 Å². The quantitative estimate of drug-likeness (QED) is 0.411. The van der Waals surface area contributed by atoms with Crippen molar-refractivity contribution < 1.29 is 36.8 Å². The van der Waals surface area contributed by atoms with E-state index in [0.29, 0.717) is 0 Å². The van der Waals surface area contributed by atoms with Gasteiger partial charge in [0.1, 0.15) is 0 Å². The van der Waals surface area contributed by atoms with Crippen molar-refractivity contribution in [2.24, 2.45) is 0 Å². The van der Waals surface area contributed by atoms with E-state index in [2.05, 4.69) is 0 Å². The van der Waals surface area contributed by atoms with E-state index >= 15 is 0 Å². The van der Waals surface area contributed by atoms with E-state index in [-0.39, 0.29) is 109 Å². The van der Waals surface area contributed by atoms with E-state index in [1.54, 1.807) is 0 Å². The van der Waals surface area contributed by atoms with Crippen molar-refractivity contribution in [3.8, 4) is 0 Å². The van der Waals surface area contributed by atoms with Crippen LogP contribution in [0.25, 0.3) is 0 Å². The smallest absolute Gasteiger partial charge is 0 e. The van der Waals surface area contributed by atoms with Crippen molar-refractivity contribution >= 4 is 72.4 Å². The Morgan fingerprint density at radius 2 is 1.00 bits per heavy atom. The van der Waals surface area contributed by atoms with E-state index in [4.69, 9.17) is 0 Å². The van der Waals surface area contributed by atoms with Crippen LogP contribution in [0.1, 0.15) is 0 Å². The molecule has 0 aromatic rings. The molecule has 0 rings (SSSR count). The summed E-state index contributed by atoms with van der Waals surface area (Å²) in [6.07, 6.45) is 0. The summed E-state index contributed by atoms with van der Waals surface area (Å²) in [5, 5.41) is 0. The van der Waals surface area contributed by atoms with Gasteiger partial charge in [0, 0.05) is 36.8 Å². The molecule has 0 bridgehead atoms. The molecule has 0 unspecified atom stereocenters. The molecule has 0 aliphatic carbocycles. The standard InChI is InChI=1S/Ca.Cr.GeH4.H2Se.Zn.2H/h;;1H4;1H2;;;. The fourth-order valence-electron chi connectivity index (χ4n) is 0. The van der Waals surface area contributed by atoms with Crippen molar-refractivity contribution in [3.05, 3.63) is 0 Å². The molecule has 0 aromatic carbocycles. The second kappa shape index (κ2) is 25.9. The normalized spacial score (nSPS) is 0. The molecule has 0 aliphatic rings. The van der Waals surface area contributed by atoms with Crippen molar-refractivity contribution in [2.75, 3.05) is 0 Å². The Balaban J connectivity index is 0. The summed E-state index contributed by atoms with van der Waals surface area (Å²) in [7, 11) is 0. The summed E-state index contributed by atoms with van der Waals surface area (Å²) in [6, 6.07) is 0. The van der Waals surface area contributed by atoms with Gasteiger partial charge in [0.15, 0.2) is 0 Å². The first-order valence-corrected chi connectivity index (χ1v) is 0. The first-order chi connectivity index (χ1) is 0. The summed E-state index contributed by atoms with van der Waals surface area (Å²) < 4.78 is 0. The summed E-state index contributed by atoms with van der Waals surface area (Å²) in [5.74, 6) is 0. The van der Waals surface area contributed by atoms with Gasteiger partial charge < -0.3 is 0 Å². The predicted molar refractivity (Wildman–Crippen MR) is 28.4 cm³/mol. The Bertz CT molecular complexity index is 11.6. The van der Waals surface area contributed by atoms with Crippen molar-refractivity contribution in [2.45, 2.75) is 0 Å². The Kier molecular flexibility index (Phi) is 203. The molecule has 0 amide bonds. The van der Waals surface area contributed by atoms with Gasteiger partial charge >= 0.3 is 72.4 Å². The van der Waals surface area contributed by atoms with Crippen LogP contribution in [0.15, 0.2) is 0 Å². The maximum atomic E-state index is 0. The molecular weight excluding hydrogens is 309 g/mol. The predicted octanol–water partition coefficient (Wildman–Crippen LogP) is -3.29. The summed E-state index contributed by atoms with van der Waals surface area (Å²) in [6.45, 7) is 0. The van der Waals surface area contributed by atoms with Crippen LogP contribution in [0.5, 0.6) is 0 Å². The topological polar surface area (TPSA) is 0 Å². The second-order valence-corrected chi connectivity index (χ2v) is 0. The first kappa shape index (κ1) is 39.2. The Hall–Kier alpha value is 3.48. The summed E-state index contributed by atoms with van der Waals surface area (Å²) in [4.78, 5) is 0. The van der Waals surface area contributed by atoms with E-state index in [9.17, 15) is 0 Å². The van der Waals surface area contributed by atoms with Crippen LogP contribution >= 0.6 is 0 Å². The van der Waals surface area contributed by atoms with Crippen molar-refractivity contribution in [1.29, 1.82) is 0 Å². The number of hydrogen-bond acceptors (Lipinski definition) is 0. The number of rotatable bonds is 0. The van der Waals surface area contributed by atoms with Gasteiger partial charge in [-0.05, 0) is 0 Å². The van der Waals surface area contributed by atoms with Crippen LogP contribution in [-0.4, -0.2) is 72.4 Å². The van der Waals surface area contributed by atoms with E-state index in [1.165, 1.54) is 0 Å². The van der Waals surface area contributed by atoms with Crippen LogP contribution in [0.3, 0.4) is 0 Å². The molecule has 0 spiro atoms. The van der Waals surface area contributed by atoms with Crippen molar-refractivity contribution in [3.63, 3.8) is 0 Å². The van der Waals surface area contributed by atoms with Crippen LogP contribution in [0, 0.1) is 0 Å². The molecular formula is H8CaCrGeSeZn.